The van der Waals surface area contributed by atoms with Gasteiger partial charge in [0, 0.05) is 22.2 Å². The Bertz CT molecular complexity index is 791. The summed E-state index contributed by atoms with van der Waals surface area (Å²) in [5.41, 5.74) is 4.77. The minimum atomic E-state index is -0.464. The second-order valence-electron chi connectivity index (χ2n) is 4.72. The lowest BCUT2D eigenvalue weighted by Crippen LogP contribution is -2.29. The molecule has 0 fully saturated rings. The average molecular weight is 302 g/mol. The van der Waals surface area contributed by atoms with Crippen molar-refractivity contribution in [2.75, 3.05) is 0 Å². The fourth-order valence-corrected chi connectivity index (χ4v) is 2.52. The average Bonchev–Trinajstić information content (AvgIpc) is 2.50. The lowest BCUT2D eigenvalue weighted by atomic mass is 9.97. The second kappa shape index (κ2) is 5.77. The number of halogens is 2. The number of hydrazine groups is 1. The van der Waals surface area contributed by atoms with Crippen molar-refractivity contribution < 1.29 is 4.39 Å². The van der Waals surface area contributed by atoms with Crippen LogP contribution in [0.25, 0.3) is 10.9 Å². The zero-order valence-electron chi connectivity index (χ0n) is 11.1. The summed E-state index contributed by atoms with van der Waals surface area (Å²) in [6, 6.07) is 13.7. The Morgan fingerprint density at radius 1 is 1.14 bits per heavy atom. The molecule has 0 radical (unpaired) electrons. The number of nitrogens with zero attached hydrogens (tertiary/aromatic N) is 1. The van der Waals surface area contributed by atoms with Gasteiger partial charge in [0.1, 0.15) is 5.82 Å². The summed E-state index contributed by atoms with van der Waals surface area (Å²) in [6.07, 6.45) is 1.72. The fraction of sp³-hybridized carbons (Fsp3) is 0.0625. The van der Waals surface area contributed by atoms with Crippen LogP contribution in [0.2, 0.25) is 5.02 Å². The third-order valence-corrected chi connectivity index (χ3v) is 3.64. The van der Waals surface area contributed by atoms with Crippen LogP contribution in [-0.4, -0.2) is 4.98 Å². The minimum absolute atomic E-state index is 0.354. The van der Waals surface area contributed by atoms with Gasteiger partial charge in [-0.05, 0) is 29.8 Å². The number of pyridine rings is 1. The highest BCUT2D eigenvalue weighted by atomic mass is 35.5. The van der Waals surface area contributed by atoms with E-state index in [1.807, 2.05) is 30.3 Å². The monoisotopic (exact) mass is 301 g/mol. The molecule has 3 aromatic rings. The molecule has 1 atom stereocenters. The summed E-state index contributed by atoms with van der Waals surface area (Å²) in [6.45, 7) is 0. The standard InChI is InChI=1S/C16H13ClFN3/c17-12-5-6-13(14(18)9-12)16(21-19)11-4-3-10-2-1-7-20-15(10)8-11/h1-9,16,21H,19H2. The molecule has 0 bridgehead atoms. The predicted molar refractivity (Wildman–Crippen MR) is 82.3 cm³/mol. The number of fused-ring (bicyclic) bond motifs is 1. The first-order valence-electron chi connectivity index (χ1n) is 6.45. The van der Waals surface area contributed by atoms with Crippen LogP contribution >= 0.6 is 11.6 Å². The van der Waals surface area contributed by atoms with E-state index in [9.17, 15) is 4.39 Å². The highest BCUT2D eigenvalue weighted by Crippen LogP contribution is 2.27. The summed E-state index contributed by atoms with van der Waals surface area (Å²) >= 11 is 5.79. The zero-order chi connectivity index (χ0) is 14.8. The van der Waals surface area contributed by atoms with Gasteiger partial charge in [0.25, 0.3) is 0 Å². The quantitative estimate of drug-likeness (QED) is 0.574. The Balaban J connectivity index is 2.09. The summed E-state index contributed by atoms with van der Waals surface area (Å²) in [7, 11) is 0. The van der Waals surface area contributed by atoms with E-state index in [2.05, 4.69) is 10.4 Å². The highest BCUT2D eigenvalue weighted by Gasteiger charge is 2.17. The molecular formula is C16H13ClFN3. The first-order valence-corrected chi connectivity index (χ1v) is 6.82. The number of nitrogens with two attached hydrogens (primary N) is 1. The number of aromatic nitrogens is 1. The van der Waals surface area contributed by atoms with Gasteiger partial charge in [-0.3, -0.25) is 10.8 Å². The van der Waals surface area contributed by atoms with Gasteiger partial charge in [-0.1, -0.05) is 35.9 Å². The van der Waals surface area contributed by atoms with Crippen LogP contribution in [-0.2, 0) is 0 Å². The van der Waals surface area contributed by atoms with Crippen molar-refractivity contribution in [3.63, 3.8) is 0 Å². The topological polar surface area (TPSA) is 50.9 Å². The van der Waals surface area contributed by atoms with Crippen LogP contribution in [0.5, 0.6) is 0 Å². The molecule has 0 saturated carbocycles. The SMILES string of the molecule is NNC(c1ccc2cccnc2c1)c1ccc(Cl)cc1F. The molecule has 106 valence electrons. The molecular weight excluding hydrogens is 289 g/mol. The third kappa shape index (κ3) is 2.74. The van der Waals surface area contributed by atoms with Gasteiger partial charge in [0.15, 0.2) is 0 Å². The Labute approximate surface area is 126 Å². The van der Waals surface area contributed by atoms with E-state index < -0.39 is 11.9 Å². The van der Waals surface area contributed by atoms with E-state index in [4.69, 9.17) is 17.4 Å². The van der Waals surface area contributed by atoms with E-state index in [-0.39, 0.29) is 0 Å². The number of benzene rings is 2. The minimum Gasteiger partial charge on any atom is -0.271 e. The molecule has 0 amide bonds. The molecule has 0 aliphatic carbocycles. The molecule has 0 aliphatic rings. The van der Waals surface area contributed by atoms with Crippen molar-refractivity contribution >= 4 is 22.5 Å². The Morgan fingerprint density at radius 2 is 2.00 bits per heavy atom. The predicted octanol–water partition coefficient (Wildman–Crippen LogP) is 3.58. The Morgan fingerprint density at radius 3 is 2.76 bits per heavy atom. The van der Waals surface area contributed by atoms with Gasteiger partial charge in [-0.25, -0.2) is 9.82 Å². The number of hydrogen-bond donors (Lipinski definition) is 2. The normalized spacial score (nSPS) is 12.5. The van der Waals surface area contributed by atoms with E-state index in [0.29, 0.717) is 10.6 Å². The zero-order valence-corrected chi connectivity index (χ0v) is 11.8. The van der Waals surface area contributed by atoms with Crippen molar-refractivity contribution in [3.8, 4) is 0 Å². The van der Waals surface area contributed by atoms with Crippen molar-refractivity contribution in [1.82, 2.24) is 10.4 Å². The Kier molecular flexibility index (Phi) is 3.84. The van der Waals surface area contributed by atoms with Crippen LogP contribution in [0.15, 0.2) is 54.7 Å². The summed E-state index contributed by atoms with van der Waals surface area (Å²) in [5, 5.41) is 1.38. The molecule has 2 aromatic carbocycles. The van der Waals surface area contributed by atoms with Crippen molar-refractivity contribution in [2.24, 2.45) is 5.84 Å². The molecule has 1 heterocycles. The molecule has 5 heteroatoms. The second-order valence-corrected chi connectivity index (χ2v) is 5.16. The highest BCUT2D eigenvalue weighted by molar-refractivity contribution is 6.30. The van der Waals surface area contributed by atoms with Gasteiger partial charge in [-0.2, -0.15) is 0 Å². The lowest BCUT2D eigenvalue weighted by molar-refractivity contribution is 0.560. The first-order chi connectivity index (χ1) is 10.2. The van der Waals surface area contributed by atoms with Crippen molar-refractivity contribution in [1.29, 1.82) is 0 Å². The molecule has 1 aromatic heterocycles. The lowest BCUT2D eigenvalue weighted by Gasteiger charge is -2.18. The van der Waals surface area contributed by atoms with E-state index in [1.165, 1.54) is 6.07 Å². The molecule has 0 spiro atoms. The first kappa shape index (κ1) is 13.9. The smallest absolute Gasteiger partial charge is 0.129 e. The van der Waals surface area contributed by atoms with E-state index >= 15 is 0 Å². The van der Waals surface area contributed by atoms with Gasteiger partial charge >= 0.3 is 0 Å². The maximum atomic E-state index is 14.1. The molecule has 0 saturated heterocycles. The maximum Gasteiger partial charge on any atom is 0.129 e. The maximum absolute atomic E-state index is 14.1. The summed E-state index contributed by atoms with van der Waals surface area (Å²) < 4.78 is 14.1. The van der Waals surface area contributed by atoms with Crippen LogP contribution in [0.3, 0.4) is 0 Å². The number of rotatable bonds is 3. The number of hydrogen-bond acceptors (Lipinski definition) is 3. The van der Waals surface area contributed by atoms with E-state index in [0.717, 1.165) is 16.5 Å². The molecule has 3 rings (SSSR count). The van der Waals surface area contributed by atoms with E-state index in [1.54, 1.807) is 18.3 Å². The van der Waals surface area contributed by atoms with Crippen LogP contribution in [0.4, 0.5) is 4.39 Å². The van der Waals surface area contributed by atoms with Gasteiger partial charge in [0.2, 0.25) is 0 Å². The van der Waals surface area contributed by atoms with Gasteiger partial charge in [-0.15, -0.1) is 0 Å². The van der Waals surface area contributed by atoms with Crippen LogP contribution < -0.4 is 11.3 Å². The summed E-state index contributed by atoms with van der Waals surface area (Å²) in [5.74, 6) is 5.22. The van der Waals surface area contributed by atoms with Crippen LogP contribution in [0, 0.1) is 5.82 Å². The molecule has 21 heavy (non-hydrogen) atoms. The van der Waals surface area contributed by atoms with Crippen molar-refractivity contribution in [3.05, 3.63) is 76.7 Å². The van der Waals surface area contributed by atoms with Gasteiger partial charge in [0.05, 0.1) is 11.6 Å². The fourth-order valence-electron chi connectivity index (χ4n) is 2.36. The molecule has 3 nitrogen and oxygen atoms in total. The van der Waals surface area contributed by atoms with Gasteiger partial charge < -0.3 is 0 Å². The molecule has 0 aliphatic heterocycles. The molecule has 3 N–H and O–H groups in total. The molecule has 1 unspecified atom stereocenters. The largest absolute Gasteiger partial charge is 0.271 e. The number of nitrogens with one attached hydrogen (secondary N) is 1. The van der Waals surface area contributed by atoms with Crippen LogP contribution in [0.1, 0.15) is 17.2 Å². The Hall–Kier alpha value is -2.01. The summed E-state index contributed by atoms with van der Waals surface area (Å²) in [4.78, 5) is 4.31. The third-order valence-electron chi connectivity index (χ3n) is 3.40. The van der Waals surface area contributed by atoms with Crippen molar-refractivity contribution in [2.45, 2.75) is 6.04 Å².